The highest BCUT2D eigenvalue weighted by atomic mass is 16.2. The summed E-state index contributed by atoms with van der Waals surface area (Å²) in [4.78, 5) is 44.9. The van der Waals surface area contributed by atoms with E-state index >= 15 is 0 Å². The number of nitrogens with one attached hydrogen (secondary N) is 2. The number of nitrogens with two attached hydrogens (primary N) is 1. The number of hydrogen-bond acceptors (Lipinski definition) is 4. The zero-order valence-electron chi connectivity index (χ0n) is 17.5. The maximum absolute atomic E-state index is 13.2. The van der Waals surface area contributed by atoms with Crippen LogP contribution in [0.25, 0.3) is 10.9 Å². The van der Waals surface area contributed by atoms with Crippen LogP contribution in [0.15, 0.2) is 40.1 Å². The molecule has 3 aromatic rings. The van der Waals surface area contributed by atoms with Crippen LogP contribution in [0, 0.1) is 0 Å². The summed E-state index contributed by atoms with van der Waals surface area (Å²) in [6.45, 7) is 4.68. The second-order valence-corrected chi connectivity index (χ2v) is 7.40. The SMILES string of the molecule is CCCCN(C(=O)CCc1c[nH]c2ccccc12)c1c(N)n(CCC)c(=O)[nH]c1=O. The maximum atomic E-state index is 13.2. The molecule has 4 N–H and O–H groups in total. The quantitative estimate of drug-likeness (QED) is 0.502. The van der Waals surface area contributed by atoms with E-state index in [0.717, 1.165) is 29.3 Å². The number of para-hydroxylation sites is 1. The Labute approximate surface area is 174 Å². The molecular formula is C22H29N5O3. The molecular weight excluding hydrogens is 382 g/mol. The van der Waals surface area contributed by atoms with Crippen LogP contribution in [0.5, 0.6) is 0 Å². The van der Waals surface area contributed by atoms with Crippen molar-refractivity contribution in [3.05, 3.63) is 56.9 Å². The summed E-state index contributed by atoms with van der Waals surface area (Å²) in [5, 5.41) is 1.08. The summed E-state index contributed by atoms with van der Waals surface area (Å²) in [7, 11) is 0. The van der Waals surface area contributed by atoms with Crippen molar-refractivity contribution in [2.24, 2.45) is 0 Å². The maximum Gasteiger partial charge on any atom is 0.330 e. The Kier molecular flexibility index (Phi) is 6.76. The third-order valence-electron chi connectivity index (χ3n) is 5.25. The molecule has 1 amide bonds. The summed E-state index contributed by atoms with van der Waals surface area (Å²) < 4.78 is 1.32. The largest absolute Gasteiger partial charge is 0.383 e. The minimum atomic E-state index is -0.624. The summed E-state index contributed by atoms with van der Waals surface area (Å²) in [6.07, 6.45) is 4.95. The van der Waals surface area contributed by atoms with E-state index in [1.54, 1.807) is 0 Å². The number of hydrogen-bond donors (Lipinski definition) is 3. The van der Waals surface area contributed by atoms with Gasteiger partial charge in [-0.3, -0.25) is 19.1 Å². The first-order valence-electron chi connectivity index (χ1n) is 10.5. The van der Waals surface area contributed by atoms with Crippen molar-refractivity contribution < 1.29 is 4.79 Å². The number of nitrogens with zero attached hydrogens (tertiary/aromatic N) is 2. The first-order valence-corrected chi connectivity index (χ1v) is 10.5. The van der Waals surface area contributed by atoms with Gasteiger partial charge in [0.2, 0.25) is 5.91 Å². The van der Waals surface area contributed by atoms with E-state index in [9.17, 15) is 14.4 Å². The van der Waals surface area contributed by atoms with Crippen LogP contribution in [0.2, 0.25) is 0 Å². The molecule has 0 atom stereocenters. The molecule has 2 aromatic heterocycles. The van der Waals surface area contributed by atoms with Crippen LogP contribution in [0.1, 0.15) is 45.1 Å². The molecule has 1 aromatic carbocycles. The number of nitrogen functional groups attached to an aromatic ring is 1. The lowest BCUT2D eigenvalue weighted by Crippen LogP contribution is -2.41. The van der Waals surface area contributed by atoms with E-state index in [0.29, 0.717) is 25.9 Å². The minimum absolute atomic E-state index is 0.0437. The molecule has 0 spiro atoms. The van der Waals surface area contributed by atoms with Crippen LogP contribution in [0.3, 0.4) is 0 Å². The van der Waals surface area contributed by atoms with Crippen molar-refractivity contribution in [3.8, 4) is 0 Å². The number of anilines is 2. The number of aromatic nitrogens is 3. The molecule has 0 radical (unpaired) electrons. The topological polar surface area (TPSA) is 117 Å². The molecule has 160 valence electrons. The smallest absolute Gasteiger partial charge is 0.330 e. The molecule has 30 heavy (non-hydrogen) atoms. The van der Waals surface area contributed by atoms with E-state index in [1.165, 1.54) is 9.47 Å². The third kappa shape index (κ3) is 4.32. The Hall–Kier alpha value is -3.29. The Bertz CT molecular complexity index is 1140. The monoisotopic (exact) mass is 411 g/mol. The summed E-state index contributed by atoms with van der Waals surface area (Å²) >= 11 is 0. The predicted octanol–water partition coefficient (Wildman–Crippen LogP) is 2.78. The molecule has 0 bridgehead atoms. The van der Waals surface area contributed by atoms with Crippen molar-refractivity contribution in [1.29, 1.82) is 0 Å². The number of amides is 1. The van der Waals surface area contributed by atoms with E-state index in [2.05, 4.69) is 9.97 Å². The zero-order valence-corrected chi connectivity index (χ0v) is 17.5. The number of aromatic amines is 2. The molecule has 3 rings (SSSR count). The highest BCUT2D eigenvalue weighted by Crippen LogP contribution is 2.22. The van der Waals surface area contributed by atoms with Gasteiger partial charge < -0.3 is 15.6 Å². The molecule has 0 aliphatic carbocycles. The average molecular weight is 412 g/mol. The second-order valence-electron chi connectivity index (χ2n) is 7.40. The number of carbonyl (C=O) groups is 1. The van der Waals surface area contributed by atoms with Gasteiger partial charge >= 0.3 is 5.69 Å². The highest BCUT2D eigenvalue weighted by molar-refractivity contribution is 5.96. The van der Waals surface area contributed by atoms with Crippen molar-refractivity contribution in [2.75, 3.05) is 17.2 Å². The van der Waals surface area contributed by atoms with Gasteiger partial charge in [-0.15, -0.1) is 0 Å². The summed E-state index contributed by atoms with van der Waals surface area (Å²) in [5.41, 5.74) is 7.16. The van der Waals surface area contributed by atoms with Gasteiger partial charge in [0, 0.05) is 36.6 Å². The zero-order chi connectivity index (χ0) is 21.7. The van der Waals surface area contributed by atoms with Gasteiger partial charge in [-0.1, -0.05) is 38.5 Å². The molecule has 0 saturated carbocycles. The minimum Gasteiger partial charge on any atom is -0.383 e. The third-order valence-corrected chi connectivity index (χ3v) is 5.25. The van der Waals surface area contributed by atoms with Crippen molar-refractivity contribution in [3.63, 3.8) is 0 Å². The van der Waals surface area contributed by atoms with E-state index in [-0.39, 0.29) is 23.8 Å². The van der Waals surface area contributed by atoms with Gasteiger partial charge in [0.15, 0.2) is 5.69 Å². The van der Waals surface area contributed by atoms with Crippen molar-refractivity contribution in [1.82, 2.24) is 14.5 Å². The first kappa shape index (κ1) is 21.4. The Morgan fingerprint density at radius 1 is 1.17 bits per heavy atom. The lowest BCUT2D eigenvalue weighted by Gasteiger charge is -2.24. The van der Waals surface area contributed by atoms with Crippen molar-refractivity contribution in [2.45, 2.75) is 52.5 Å². The van der Waals surface area contributed by atoms with Gasteiger partial charge in [-0.2, -0.15) is 0 Å². The molecule has 8 nitrogen and oxygen atoms in total. The number of benzene rings is 1. The number of fused-ring (bicyclic) bond motifs is 1. The number of aryl methyl sites for hydroxylation is 1. The van der Waals surface area contributed by atoms with Gasteiger partial charge in [0.25, 0.3) is 5.56 Å². The predicted molar refractivity (Wildman–Crippen MR) is 120 cm³/mol. The second kappa shape index (κ2) is 9.47. The lowest BCUT2D eigenvalue weighted by molar-refractivity contribution is -0.118. The van der Waals surface area contributed by atoms with E-state index in [4.69, 9.17) is 5.73 Å². The number of unbranched alkanes of at least 4 members (excludes halogenated alkanes) is 1. The standard InChI is InChI=1S/C22H29N5O3/c1-3-5-13-26(19-20(23)27(12-4-2)22(30)25-21(19)29)18(28)11-10-15-14-24-17-9-7-6-8-16(15)17/h6-9,14,24H,3-5,10-13,23H2,1-2H3,(H,25,29,30). The fraction of sp³-hybridized carbons (Fsp3) is 0.409. The van der Waals surface area contributed by atoms with E-state index in [1.807, 2.05) is 44.3 Å². The molecule has 2 heterocycles. The van der Waals surface area contributed by atoms with Crippen LogP contribution in [-0.2, 0) is 17.8 Å². The Balaban J connectivity index is 1.90. The highest BCUT2D eigenvalue weighted by Gasteiger charge is 2.23. The number of rotatable bonds is 9. The molecule has 0 unspecified atom stereocenters. The van der Waals surface area contributed by atoms with Crippen LogP contribution >= 0.6 is 0 Å². The molecule has 0 aliphatic heterocycles. The average Bonchev–Trinajstić information content (AvgIpc) is 3.14. The Morgan fingerprint density at radius 2 is 1.93 bits per heavy atom. The molecule has 0 fully saturated rings. The Morgan fingerprint density at radius 3 is 2.67 bits per heavy atom. The normalized spacial score (nSPS) is 11.1. The summed E-state index contributed by atoms with van der Waals surface area (Å²) in [6, 6.07) is 7.93. The number of H-pyrrole nitrogens is 2. The summed E-state index contributed by atoms with van der Waals surface area (Å²) in [5.74, 6) is -0.144. The number of carbonyl (C=O) groups excluding carboxylic acids is 1. The van der Waals surface area contributed by atoms with Gasteiger partial charge in [0.05, 0.1) is 0 Å². The van der Waals surface area contributed by atoms with Gasteiger partial charge in [0.1, 0.15) is 5.82 Å². The molecule has 8 heteroatoms. The van der Waals surface area contributed by atoms with Crippen LogP contribution in [0.4, 0.5) is 11.5 Å². The fourth-order valence-corrected chi connectivity index (χ4v) is 3.68. The molecule has 0 aliphatic rings. The first-order chi connectivity index (χ1) is 14.5. The van der Waals surface area contributed by atoms with Gasteiger partial charge in [-0.05, 0) is 30.9 Å². The fourth-order valence-electron chi connectivity index (χ4n) is 3.68. The van der Waals surface area contributed by atoms with Crippen LogP contribution in [-0.4, -0.2) is 27.0 Å². The molecule has 0 saturated heterocycles. The van der Waals surface area contributed by atoms with Gasteiger partial charge in [-0.25, -0.2) is 4.79 Å². The van der Waals surface area contributed by atoms with Crippen LogP contribution < -0.4 is 21.9 Å². The van der Waals surface area contributed by atoms with Crippen molar-refractivity contribution >= 4 is 28.3 Å². The van der Waals surface area contributed by atoms with E-state index < -0.39 is 11.2 Å². The lowest BCUT2D eigenvalue weighted by atomic mass is 10.1.